The van der Waals surface area contributed by atoms with Crippen LogP contribution in [-0.4, -0.2) is 16.6 Å². The fourth-order valence-corrected chi connectivity index (χ4v) is 2.78. The maximum absolute atomic E-state index is 12.2. The van der Waals surface area contributed by atoms with Crippen LogP contribution in [0.2, 0.25) is 0 Å². The van der Waals surface area contributed by atoms with Gasteiger partial charge < -0.3 is 5.11 Å². The van der Waals surface area contributed by atoms with Gasteiger partial charge in [0.2, 0.25) is 0 Å². The van der Waals surface area contributed by atoms with Gasteiger partial charge in [0, 0.05) is 10.5 Å². The van der Waals surface area contributed by atoms with Crippen molar-refractivity contribution in [3.05, 3.63) is 58.7 Å². The van der Waals surface area contributed by atoms with Crippen molar-refractivity contribution in [1.82, 2.24) is 0 Å². The van der Waals surface area contributed by atoms with E-state index >= 15 is 0 Å². The summed E-state index contributed by atoms with van der Waals surface area (Å²) in [6.45, 7) is 5.67. The van der Waals surface area contributed by atoms with Gasteiger partial charge in [-0.15, -0.1) is 11.8 Å². The molecule has 1 N–H and O–H groups in total. The van der Waals surface area contributed by atoms with Crippen LogP contribution in [0.15, 0.2) is 41.3 Å². The lowest BCUT2D eigenvalue weighted by Gasteiger charge is -2.07. The monoisotopic (exact) mass is 286 g/mol. The average molecular weight is 286 g/mol. The molecule has 3 heteroatoms. The molecule has 0 aliphatic rings. The molecule has 2 nitrogen and oxygen atoms in total. The molecular weight excluding hydrogens is 268 g/mol. The molecule has 2 aromatic carbocycles. The van der Waals surface area contributed by atoms with Gasteiger partial charge in [-0.25, -0.2) is 0 Å². The third-order valence-electron chi connectivity index (χ3n) is 3.20. The highest BCUT2D eigenvalue weighted by Gasteiger charge is 2.10. The maximum Gasteiger partial charge on any atom is 0.173 e. The summed E-state index contributed by atoms with van der Waals surface area (Å²) in [6.07, 6.45) is 0. The highest BCUT2D eigenvalue weighted by atomic mass is 32.2. The first-order valence-corrected chi connectivity index (χ1v) is 7.49. The molecule has 20 heavy (non-hydrogen) atoms. The molecular formula is C17H18O2S. The Morgan fingerprint density at radius 1 is 1.05 bits per heavy atom. The lowest BCUT2D eigenvalue weighted by molar-refractivity contribution is 0.102. The number of carbonyl (C=O) groups is 1. The van der Waals surface area contributed by atoms with Crippen LogP contribution in [0, 0.1) is 20.8 Å². The molecule has 0 aliphatic heterocycles. The zero-order chi connectivity index (χ0) is 14.7. The molecule has 2 rings (SSSR count). The van der Waals surface area contributed by atoms with E-state index < -0.39 is 0 Å². The average Bonchev–Trinajstić information content (AvgIpc) is 2.43. The summed E-state index contributed by atoms with van der Waals surface area (Å²) in [4.78, 5) is 13.3. The molecule has 0 amide bonds. The van der Waals surface area contributed by atoms with Crippen molar-refractivity contribution in [2.45, 2.75) is 25.7 Å². The zero-order valence-electron chi connectivity index (χ0n) is 11.9. The van der Waals surface area contributed by atoms with Crippen LogP contribution in [0.5, 0.6) is 5.75 Å². The number of hydrogen-bond donors (Lipinski definition) is 1. The maximum atomic E-state index is 12.2. The molecule has 0 atom stereocenters. The van der Waals surface area contributed by atoms with E-state index in [1.54, 1.807) is 12.1 Å². The largest absolute Gasteiger partial charge is 0.507 e. The van der Waals surface area contributed by atoms with Crippen molar-refractivity contribution in [3.8, 4) is 5.75 Å². The van der Waals surface area contributed by atoms with Crippen molar-refractivity contribution in [2.75, 3.05) is 5.75 Å². The van der Waals surface area contributed by atoms with Gasteiger partial charge in [-0.2, -0.15) is 0 Å². The lowest BCUT2D eigenvalue weighted by atomic mass is 10.0. The number of rotatable bonds is 4. The fourth-order valence-electron chi connectivity index (χ4n) is 1.98. The predicted octanol–water partition coefficient (Wildman–Crippen LogP) is 4.29. The Balaban J connectivity index is 2.07. The van der Waals surface area contributed by atoms with Crippen LogP contribution in [0.25, 0.3) is 0 Å². The number of ketones is 1. The van der Waals surface area contributed by atoms with Crippen LogP contribution >= 0.6 is 11.8 Å². The van der Waals surface area contributed by atoms with Crippen LogP contribution in [-0.2, 0) is 0 Å². The van der Waals surface area contributed by atoms with Crippen molar-refractivity contribution < 1.29 is 9.90 Å². The van der Waals surface area contributed by atoms with E-state index in [2.05, 4.69) is 0 Å². The number of phenols is 1. The van der Waals surface area contributed by atoms with E-state index in [4.69, 9.17) is 0 Å². The molecule has 0 radical (unpaired) electrons. The molecule has 0 spiro atoms. The van der Waals surface area contributed by atoms with Crippen molar-refractivity contribution in [2.24, 2.45) is 0 Å². The molecule has 0 saturated carbocycles. The second-order valence-electron chi connectivity index (χ2n) is 4.98. The highest BCUT2D eigenvalue weighted by Crippen LogP contribution is 2.25. The Kier molecular flexibility index (Phi) is 4.50. The van der Waals surface area contributed by atoms with Gasteiger partial charge in [0.05, 0.1) is 5.75 Å². The van der Waals surface area contributed by atoms with Gasteiger partial charge in [-0.3, -0.25) is 4.79 Å². The summed E-state index contributed by atoms with van der Waals surface area (Å²) >= 11 is 1.54. The number of aryl methyl sites for hydroxylation is 3. The minimum atomic E-state index is 0.0850. The summed E-state index contributed by atoms with van der Waals surface area (Å²) in [5.74, 6) is 0.765. The SMILES string of the molecule is Cc1ccc(SCC(=O)c2cc(C)c(O)c(C)c2)cc1. The summed E-state index contributed by atoms with van der Waals surface area (Å²) in [5, 5.41) is 9.73. The fraction of sp³-hybridized carbons (Fsp3) is 0.235. The first kappa shape index (κ1) is 14.7. The summed E-state index contributed by atoms with van der Waals surface area (Å²) in [6, 6.07) is 11.6. The van der Waals surface area contributed by atoms with E-state index in [1.807, 2.05) is 45.0 Å². The number of carbonyl (C=O) groups excluding carboxylic acids is 1. The predicted molar refractivity (Wildman–Crippen MR) is 83.8 cm³/mol. The quantitative estimate of drug-likeness (QED) is 0.673. The molecule has 0 saturated heterocycles. The Morgan fingerprint density at radius 2 is 1.60 bits per heavy atom. The van der Waals surface area contributed by atoms with Gasteiger partial charge >= 0.3 is 0 Å². The minimum Gasteiger partial charge on any atom is -0.507 e. The third-order valence-corrected chi connectivity index (χ3v) is 4.22. The van der Waals surface area contributed by atoms with Crippen LogP contribution < -0.4 is 0 Å². The van der Waals surface area contributed by atoms with Crippen LogP contribution in [0.3, 0.4) is 0 Å². The number of phenolic OH excluding ortho intramolecular Hbond substituents is 1. The Labute approximate surface area is 123 Å². The Bertz CT molecular complexity index is 607. The number of Topliss-reactive ketones (excluding diaryl/α,β-unsaturated/α-hetero) is 1. The molecule has 0 fully saturated rings. The minimum absolute atomic E-state index is 0.0850. The molecule has 0 heterocycles. The topological polar surface area (TPSA) is 37.3 Å². The third kappa shape index (κ3) is 3.42. The summed E-state index contributed by atoms with van der Waals surface area (Å²) in [7, 11) is 0. The lowest BCUT2D eigenvalue weighted by Crippen LogP contribution is -2.03. The smallest absolute Gasteiger partial charge is 0.173 e. The van der Waals surface area contributed by atoms with Crippen molar-refractivity contribution in [1.29, 1.82) is 0 Å². The van der Waals surface area contributed by atoms with Gasteiger partial charge in [0.1, 0.15) is 5.75 Å². The van der Waals surface area contributed by atoms with Gasteiger partial charge in [0.15, 0.2) is 5.78 Å². The summed E-state index contributed by atoms with van der Waals surface area (Å²) in [5.41, 5.74) is 3.37. The Hall–Kier alpha value is -1.74. The van der Waals surface area contributed by atoms with Gasteiger partial charge in [0.25, 0.3) is 0 Å². The number of hydrogen-bond acceptors (Lipinski definition) is 3. The first-order valence-electron chi connectivity index (χ1n) is 6.50. The van der Waals surface area contributed by atoms with E-state index in [0.717, 1.165) is 16.0 Å². The Morgan fingerprint density at radius 3 is 2.15 bits per heavy atom. The second kappa shape index (κ2) is 6.14. The molecule has 0 aliphatic carbocycles. The van der Waals surface area contributed by atoms with Crippen molar-refractivity contribution in [3.63, 3.8) is 0 Å². The number of benzene rings is 2. The number of thioether (sulfide) groups is 1. The van der Waals surface area contributed by atoms with E-state index in [9.17, 15) is 9.90 Å². The van der Waals surface area contributed by atoms with Crippen LogP contribution in [0.1, 0.15) is 27.0 Å². The molecule has 104 valence electrons. The van der Waals surface area contributed by atoms with Crippen LogP contribution in [0.4, 0.5) is 0 Å². The van der Waals surface area contributed by atoms with Gasteiger partial charge in [-0.1, -0.05) is 17.7 Å². The molecule has 2 aromatic rings. The van der Waals surface area contributed by atoms with E-state index in [0.29, 0.717) is 11.3 Å². The summed E-state index contributed by atoms with van der Waals surface area (Å²) < 4.78 is 0. The molecule has 0 unspecified atom stereocenters. The zero-order valence-corrected chi connectivity index (χ0v) is 12.8. The van der Waals surface area contributed by atoms with Gasteiger partial charge in [-0.05, 0) is 56.2 Å². The highest BCUT2D eigenvalue weighted by molar-refractivity contribution is 8.00. The first-order chi connectivity index (χ1) is 9.47. The standard InChI is InChI=1S/C17H18O2S/c1-11-4-6-15(7-5-11)20-10-16(18)14-8-12(2)17(19)13(3)9-14/h4-9,19H,10H2,1-3H3. The molecule has 0 bridgehead atoms. The van der Waals surface area contributed by atoms with Crippen molar-refractivity contribution >= 4 is 17.5 Å². The number of aromatic hydroxyl groups is 1. The van der Waals surface area contributed by atoms with E-state index in [1.165, 1.54) is 17.3 Å². The normalized spacial score (nSPS) is 10.6. The molecule has 0 aromatic heterocycles. The van der Waals surface area contributed by atoms with E-state index in [-0.39, 0.29) is 11.5 Å². The second-order valence-corrected chi connectivity index (χ2v) is 6.03.